The highest BCUT2D eigenvalue weighted by atomic mass is 32.2. The quantitative estimate of drug-likeness (QED) is 0.684. The minimum atomic E-state index is -3.15. The fourth-order valence-electron chi connectivity index (χ4n) is 4.86. The number of sulfone groups is 1. The Kier molecular flexibility index (Phi) is 5.76. The van der Waals surface area contributed by atoms with Crippen molar-refractivity contribution in [1.82, 2.24) is 15.1 Å². The van der Waals surface area contributed by atoms with E-state index in [4.69, 9.17) is 0 Å². The maximum atomic E-state index is 13.1. The van der Waals surface area contributed by atoms with E-state index in [0.29, 0.717) is 19.3 Å². The first-order valence-electron chi connectivity index (χ1n) is 10.3. The van der Waals surface area contributed by atoms with Crippen LogP contribution in [-0.4, -0.2) is 71.7 Å². The molecule has 3 rings (SSSR count). The molecule has 0 bridgehead atoms. The van der Waals surface area contributed by atoms with Crippen molar-refractivity contribution >= 4 is 27.7 Å². The number of amides is 4. The lowest BCUT2D eigenvalue weighted by Crippen LogP contribution is -2.55. The predicted molar refractivity (Wildman–Crippen MR) is 104 cm³/mol. The second-order valence-electron chi connectivity index (χ2n) is 8.55. The Labute approximate surface area is 166 Å². The van der Waals surface area contributed by atoms with Gasteiger partial charge in [-0.1, -0.05) is 26.7 Å². The summed E-state index contributed by atoms with van der Waals surface area (Å²) in [5.41, 5.74) is -0.895. The second kappa shape index (κ2) is 7.65. The van der Waals surface area contributed by atoms with E-state index < -0.39 is 27.4 Å². The number of imide groups is 1. The van der Waals surface area contributed by atoms with E-state index in [1.807, 2.05) is 20.8 Å². The van der Waals surface area contributed by atoms with Crippen LogP contribution in [0.15, 0.2) is 0 Å². The van der Waals surface area contributed by atoms with Crippen LogP contribution in [0, 0.1) is 5.92 Å². The zero-order chi connectivity index (χ0) is 20.7. The molecular formula is C19H31N3O5S. The van der Waals surface area contributed by atoms with Gasteiger partial charge >= 0.3 is 6.03 Å². The van der Waals surface area contributed by atoms with E-state index in [-0.39, 0.29) is 41.8 Å². The fourth-order valence-corrected chi connectivity index (χ4v) is 6.57. The molecule has 1 spiro atoms. The van der Waals surface area contributed by atoms with Crippen molar-refractivity contribution in [3.63, 3.8) is 0 Å². The zero-order valence-electron chi connectivity index (χ0n) is 16.9. The van der Waals surface area contributed by atoms with Crippen LogP contribution in [-0.2, 0) is 19.4 Å². The minimum Gasteiger partial charge on any atom is -0.334 e. The van der Waals surface area contributed by atoms with Crippen LogP contribution in [0.25, 0.3) is 0 Å². The number of carbonyl (C=O) groups excluding carboxylic acids is 3. The smallest absolute Gasteiger partial charge is 0.325 e. The number of hydrogen-bond acceptors (Lipinski definition) is 5. The van der Waals surface area contributed by atoms with E-state index in [1.165, 1.54) is 0 Å². The van der Waals surface area contributed by atoms with Gasteiger partial charge in [-0.2, -0.15) is 0 Å². The normalized spacial score (nSPS) is 33.2. The van der Waals surface area contributed by atoms with Crippen LogP contribution in [0.5, 0.6) is 0 Å². The van der Waals surface area contributed by atoms with Gasteiger partial charge in [0.25, 0.3) is 5.91 Å². The average Bonchev–Trinajstić information content (AvgIpc) is 3.10. The molecule has 0 unspecified atom stereocenters. The first kappa shape index (κ1) is 21.1. The first-order valence-corrected chi connectivity index (χ1v) is 12.1. The molecule has 1 N–H and O–H groups in total. The molecule has 2 saturated heterocycles. The highest BCUT2D eigenvalue weighted by Gasteiger charge is 2.55. The summed E-state index contributed by atoms with van der Waals surface area (Å²) in [4.78, 5) is 41.4. The summed E-state index contributed by atoms with van der Waals surface area (Å²) in [5, 5.41) is 2.86. The SMILES string of the molecule is CC[C@@H](C)N(C(=O)CN1C(=O)N[C@]2(CCCC[C@@H]2C)C1=O)[C@@H]1CCS(=O)(=O)C1. The second-order valence-corrected chi connectivity index (χ2v) is 10.8. The fraction of sp³-hybridized carbons (Fsp3) is 0.842. The molecule has 9 heteroatoms. The van der Waals surface area contributed by atoms with Gasteiger partial charge in [-0.25, -0.2) is 13.2 Å². The van der Waals surface area contributed by atoms with Crippen molar-refractivity contribution < 1.29 is 22.8 Å². The Morgan fingerprint density at radius 3 is 2.61 bits per heavy atom. The van der Waals surface area contributed by atoms with Crippen LogP contribution >= 0.6 is 0 Å². The molecule has 1 saturated carbocycles. The van der Waals surface area contributed by atoms with Crippen LogP contribution in [0.2, 0.25) is 0 Å². The van der Waals surface area contributed by atoms with Crippen LogP contribution in [0.3, 0.4) is 0 Å². The van der Waals surface area contributed by atoms with Gasteiger partial charge in [0.1, 0.15) is 12.1 Å². The van der Waals surface area contributed by atoms with Crippen molar-refractivity contribution in [2.75, 3.05) is 18.1 Å². The highest BCUT2D eigenvalue weighted by molar-refractivity contribution is 7.91. The number of nitrogens with one attached hydrogen (secondary N) is 1. The van der Waals surface area contributed by atoms with Crippen LogP contribution < -0.4 is 5.32 Å². The van der Waals surface area contributed by atoms with E-state index >= 15 is 0 Å². The average molecular weight is 414 g/mol. The summed E-state index contributed by atoms with van der Waals surface area (Å²) < 4.78 is 23.8. The van der Waals surface area contributed by atoms with Gasteiger partial charge in [0.05, 0.1) is 11.5 Å². The number of urea groups is 1. The van der Waals surface area contributed by atoms with E-state index in [1.54, 1.807) is 4.90 Å². The molecule has 1 aliphatic carbocycles. The summed E-state index contributed by atoms with van der Waals surface area (Å²) >= 11 is 0. The molecule has 158 valence electrons. The third kappa shape index (κ3) is 3.65. The van der Waals surface area contributed by atoms with Crippen LogP contribution in [0.4, 0.5) is 4.79 Å². The molecule has 4 amide bonds. The molecule has 28 heavy (non-hydrogen) atoms. The molecule has 2 heterocycles. The minimum absolute atomic E-state index is 0.0310. The Hall–Kier alpha value is -1.64. The van der Waals surface area contributed by atoms with Crippen molar-refractivity contribution in [2.24, 2.45) is 5.92 Å². The molecule has 0 aromatic carbocycles. The standard InChI is InChI=1S/C19H31N3O5S/c1-4-14(3)22(15-8-10-28(26,27)12-15)16(23)11-21-17(24)19(20-18(21)25)9-6-5-7-13(19)2/h13-15H,4-12H2,1-3H3,(H,20,25)/t13-,14+,15+,19-/m0/s1. The molecule has 2 aliphatic heterocycles. The first-order chi connectivity index (χ1) is 13.1. The third-order valence-electron chi connectivity index (χ3n) is 6.75. The van der Waals surface area contributed by atoms with E-state index in [0.717, 1.165) is 24.2 Å². The van der Waals surface area contributed by atoms with Crippen molar-refractivity contribution in [3.8, 4) is 0 Å². The van der Waals surface area contributed by atoms with Crippen molar-refractivity contribution in [3.05, 3.63) is 0 Å². The lowest BCUT2D eigenvalue weighted by Gasteiger charge is -2.37. The Balaban J connectivity index is 1.78. The van der Waals surface area contributed by atoms with Gasteiger partial charge in [-0.3, -0.25) is 14.5 Å². The number of rotatable bonds is 5. The number of carbonyl (C=O) groups is 3. The molecule has 0 aromatic heterocycles. The van der Waals surface area contributed by atoms with Gasteiger partial charge in [0.2, 0.25) is 5.91 Å². The molecule has 3 fully saturated rings. The topological polar surface area (TPSA) is 104 Å². The highest BCUT2D eigenvalue weighted by Crippen LogP contribution is 2.38. The molecule has 0 radical (unpaired) electrons. The van der Waals surface area contributed by atoms with E-state index in [9.17, 15) is 22.8 Å². The van der Waals surface area contributed by atoms with Gasteiger partial charge in [-0.15, -0.1) is 0 Å². The Bertz CT molecular complexity index is 768. The van der Waals surface area contributed by atoms with Crippen molar-refractivity contribution in [1.29, 1.82) is 0 Å². The lowest BCUT2D eigenvalue weighted by atomic mass is 9.73. The molecule has 0 aromatic rings. The summed E-state index contributed by atoms with van der Waals surface area (Å²) in [6.45, 7) is 5.44. The maximum Gasteiger partial charge on any atom is 0.325 e. The third-order valence-corrected chi connectivity index (χ3v) is 8.50. The molecular weight excluding hydrogens is 382 g/mol. The summed E-state index contributed by atoms with van der Waals surface area (Å²) in [5.74, 6) is -0.628. The molecule has 3 aliphatic rings. The number of nitrogens with zero attached hydrogens (tertiary/aromatic N) is 2. The monoisotopic (exact) mass is 413 g/mol. The predicted octanol–water partition coefficient (Wildman–Crippen LogP) is 1.30. The largest absolute Gasteiger partial charge is 0.334 e. The van der Waals surface area contributed by atoms with Gasteiger partial charge in [0, 0.05) is 12.1 Å². The number of hydrogen-bond donors (Lipinski definition) is 1. The maximum absolute atomic E-state index is 13.1. The lowest BCUT2D eigenvalue weighted by molar-refractivity contribution is -0.142. The van der Waals surface area contributed by atoms with E-state index in [2.05, 4.69) is 5.32 Å². The zero-order valence-corrected chi connectivity index (χ0v) is 17.8. The van der Waals surface area contributed by atoms with Gasteiger partial charge in [-0.05, 0) is 38.5 Å². The summed E-state index contributed by atoms with van der Waals surface area (Å²) in [6.07, 6.45) is 4.44. The van der Waals surface area contributed by atoms with Gasteiger partial charge < -0.3 is 10.2 Å². The van der Waals surface area contributed by atoms with Crippen LogP contribution in [0.1, 0.15) is 59.3 Å². The summed E-state index contributed by atoms with van der Waals surface area (Å²) in [7, 11) is -3.15. The molecule has 8 nitrogen and oxygen atoms in total. The molecule has 4 atom stereocenters. The van der Waals surface area contributed by atoms with Gasteiger partial charge in [0.15, 0.2) is 9.84 Å². The Morgan fingerprint density at radius 2 is 2.04 bits per heavy atom. The Morgan fingerprint density at radius 1 is 1.32 bits per heavy atom. The van der Waals surface area contributed by atoms with Crippen molar-refractivity contribution in [2.45, 2.75) is 76.9 Å². The summed E-state index contributed by atoms with van der Waals surface area (Å²) in [6, 6.07) is -1.07.